The number of carbonyl (C=O) groups excluding carboxylic acids is 4. The van der Waals surface area contributed by atoms with Crippen LogP contribution in [0.25, 0.3) is 0 Å². The molecule has 0 radical (unpaired) electrons. The van der Waals surface area contributed by atoms with Crippen molar-refractivity contribution < 1.29 is 94.4 Å². The second-order valence-corrected chi connectivity index (χ2v) is 20.9. The molecule has 80 heavy (non-hydrogen) atoms. The van der Waals surface area contributed by atoms with Gasteiger partial charge in [0.05, 0.1) is 79.6 Å². The van der Waals surface area contributed by atoms with E-state index >= 15 is 0 Å². The van der Waals surface area contributed by atoms with E-state index in [0.717, 1.165) is 5.69 Å². The summed E-state index contributed by atoms with van der Waals surface area (Å²) in [5, 5.41) is 120. The van der Waals surface area contributed by atoms with E-state index in [1.54, 1.807) is 98.1 Å². The monoisotopic (exact) mass is 1130 g/mol. The van der Waals surface area contributed by atoms with E-state index in [0.29, 0.717) is 12.0 Å². The van der Waals surface area contributed by atoms with Crippen LogP contribution in [0.3, 0.4) is 0 Å². The average Bonchev–Trinajstić information content (AvgIpc) is 3.41. The number of carboxylic acid groups (broad SMARTS) is 1. The van der Waals surface area contributed by atoms with Crippen LogP contribution in [-0.2, 0) is 33.4 Å². The van der Waals surface area contributed by atoms with Crippen LogP contribution in [-0.4, -0.2) is 184 Å². The van der Waals surface area contributed by atoms with Gasteiger partial charge in [0.1, 0.15) is 29.7 Å². The maximum absolute atomic E-state index is 13.3. The van der Waals surface area contributed by atoms with Crippen LogP contribution in [0, 0.1) is 17.8 Å². The third kappa shape index (κ3) is 25.6. The highest BCUT2D eigenvalue weighted by atomic mass is 16.7. The van der Waals surface area contributed by atoms with Crippen LogP contribution < -0.4 is 11.1 Å². The Bertz CT molecular complexity index is 2280. The maximum Gasteiger partial charge on any atom is 0.311 e. The summed E-state index contributed by atoms with van der Waals surface area (Å²) in [5.41, 5.74) is 7.27. The number of aliphatic hydroxyl groups is 10. The van der Waals surface area contributed by atoms with Gasteiger partial charge < -0.3 is 81.4 Å². The summed E-state index contributed by atoms with van der Waals surface area (Å²) >= 11 is 0. The summed E-state index contributed by atoms with van der Waals surface area (Å²) in [4.78, 5) is 64.5. The SMILES string of the molecule is CNc1ccc(C(=O)CC(O)CCC(C)C2OC(=O)CC(O)CC(=O)CC(O)CC(O)CC(O)CC(O)CC(=O)CC(O)C(C(=O)O)C(O)CC(O[C@@H]3OC(C)[C@@H](O)[C@H](N)[C@@H]3O)\C=C/C=C\C=C/C=C\C=C/C=C\C=C/C2C)cc1. The van der Waals surface area contributed by atoms with E-state index in [-0.39, 0.29) is 30.5 Å². The van der Waals surface area contributed by atoms with Crippen LogP contribution in [0.1, 0.15) is 108 Å². The van der Waals surface area contributed by atoms with Crippen molar-refractivity contribution in [1.82, 2.24) is 0 Å². The van der Waals surface area contributed by atoms with Crippen molar-refractivity contribution in [2.45, 2.75) is 190 Å². The van der Waals surface area contributed by atoms with Crippen molar-refractivity contribution in [3.63, 3.8) is 0 Å². The molecule has 21 heteroatoms. The number of allylic oxidation sites excluding steroid dienone is 12. The maximum atomic E-state index is 13.3. The average molecular weight is 1130 g/mol. The normalized spacial score (nSPS) is 35.8. The molecular formula is C59H86N2O19. The first-order chi connectivity index (χ1) is 37.9. The Morgan fingerprint density at radius 2 is 1.15 bits per heavy atom. The largest absolute Gasteiger partial charge is 0.481 e. The Kier molecular flexibility index (Phi) is 31.1. The number of anilines is 1. The summed E-state index contributed by atoms with van der Waals surface area (Å²) in [5.74, 6) is -6.82. The fourth-order valence-corrected chi connectivity index (χ4v) is 9.38. The number of hydrogen-bond donors (Lipinski definition) is 13. The zero-order valence-corrected chi connectivity index (χ0v) is 46.0. The fraction of sp³-hybridized carbons (Fsp3) is 0.576. The topological polar surface area (TPSA) is 374 Å². The number of rotatable bonds is 11. The molecule has 0 saturated carbocycles. The number of ether oxygens (including phenoxy) is 3. The molecule has 1 aromatic carbocycles. The second-order valence-electron chi connectivity index (χ2n) is 20.9. The van der Waals surface area contributed by atoms with Crippen molar-refractivity contribution >= 4 is 35.0 Å². The van der Waals surface area contributed by atoms with E-state index in [1.807, 2.05) is 19.9 Å². The van der Waals surface area contributed by atoms with Gasteiger partial charge in [0.15, 0.2) is 12.1 Å². The number of aliphatic hydroxyl groups excluding tert-OH is 10. The number of nitrogens with one attached hydrogen (secondary N) is 1. The number of ketones is 3. The molecular weight excluding hydrogens is 1040 g/mol. The van der Waals surface area contributed by atoms with E-state index in [9.17, 15) is 80.1 Å². The van der Waals surface area contributed by atoms with Gasteiger partial charge in [-0.2, -0.15) is 0 Å². The molecule has 1 aromatic rings. The van der Waals surface area contributed by atoms with Crippen LogP contribution in [0.5, 0.6) is 0 Å². The number of hydrogen-bond acceptors (Lipinski definition) is 20. The minimum atomic E-state index is -1.97. The number of esters is 1. The predicted octanol–water partition coefficient (Wildman–Crippen LogP) is 2.59. The minimum absolute atomic E-state index is 0.112. The lowest BCUT2D eigenvalue weighted by atomic mass is 9.88. The second kappa shape index (κ2) is 36.2. The van der Waals surface area contributed by atoms with Gasteiger partial charge in [-0.15, -0.1) is 0 Å². The van der Waals surface area contributed by atoms with Crippen molar-refractivity contribution in [3.05, 3.63) is 115 Å². The first-order valence-corrected chi connectivity index (χ1v) is 27.2. The zero-order chi connectivity index (χ0) is 59.5. The van der Waals surface area contributed by atoms with E-state index in [2.05, 4.69) is 5.32 Å². The lowest BCUT2D eigenvalue weighted by molar-refractivity contribution is -0.277. The first kappa shape index (κ1) is 68.9. The lowest BCUT2D eigenvalue weighted by Crippen LogP contribution is -2.61. The van der Waals surface area contributed by atoms with E-state index in [4.69, 9.17) is 19.9 Å². The molecule has 3 rings (SSSR count). The molecule has 1 fully saturated rings. The number of carbonyl (C=O) groups is 5. The molecule has 446 valence electrons. The van der Waals surface area contributed by atoms with Crippen LogP contribution >= 0.6 is 0 Å². The summed E-state index contributed by atoms with van der Waals surface area (Å²) < 4.78 is 17.5. The number of Topliss-reactive ketones (excluding diaryl/α,β-unsaturated/α-hetero) is 3. The molecule has 1 saturated heterocycles. The third-order valence-electron chi connectivity index (χ3n) is 13.8. The third-order valence-corrected chi connectivity index (χ3v) is 13.8. The van der Waals surface area contributed by atoms with Crippen molar-refractivity contribution in [2.75, 3.05) is 12.4 Å². The van der Waals surface area contributed by atoms with Crippen molar-refractivity contribution in [2.24, 2.45) is 23.5 Å². The fourth-order valence-electron chi connectivity index (χ4n) is 9.38. The molecule has 21 nitrogen and oxygen atoms in total. The smallest absolute Gasteiger partial charge is 0.311 e. The Balaban J connectivity index is 1.83. The highest BCUT2D eigenvalue weighted by Crippen LogP contribution is 2.28. The summed E-state index contributed by atoms with van der Waals surface area (Å²) in [6.45, 7) is 5.18. The van der Waals surface area contributed by atoms with E-state index in [1.165, 1.54) is 19.1 Å². The predicted molar refractivity (Wildman–Crippen MR) is 296 cm³/mol. The quantitative estimate of drug-likeness (QED) is 0.112. The lowest BCUT2D eigenvalue weighted by Gasteiger charge is -2.41. The molecule has 0 bridgehead atoms. The van der Waals surface area contributed by atoms with Gasteiger partial charge in [-0.3, -0.25) is 24.0 Å². The number of carboxylic acids is 1. The number of cyclic esters (lactones) is 1. The molecule has 18 atom stereocenters. The standard InChI is InChI=1S/C59H86N2O19/c1-35-17-15-13-11-9-7-5-6-8-10-12-14-16-18-48(79-59-56(75)54(60)55(74)37(3)78-59)34-51(72)53(58(76)77)50(71)32-46(68)29-44(66)27-42(64)25-41(63)26-43(65)28-45(67)30-47(69)33-52(73)80-57(35)36(2)19-24-40(62)31-49(70)38-20-22-39(61-4)23-21-38/h5-18,20-23,35-37,40-44,47-48,50-51,53-57,59,61-66,69,71-72,74-75H,19,24-34,60H2,1-4H3,(H,76,77)/b6-5-,9-7-,10-8-,13-11-,14-12-,17-15-,18-16-/t35?,36?,37?,40?,41?,42?,43?,44?,47?,48?,50?,51?,53?,54-,55+,56-,57?,59-/m0/s1. The van der Waals surface area contributed by atoms with Gasteiger partial charge in [0, 0.05) is 62.7 Å². The zero-order valence-electron chi connectivity index (χ0n) is 46.0. The summed E-state index contributed by atoms with van der Waals surface area (Å²) in [6.07, 6.45) is 0.358. The Morgan fingerprint density at radius 1 is 0.650 bits per heavy atom. The summed E-state index contributed by atoms with van der Waals surface area (Å²) in [7, 11) is 1.76. The molecule has 14 unspecified atom stereocenters. The van der Waals surface area contributed by atoms with Crippen molar-refractivity contribution in [1.29, 1.82) is 0 Å². The molecule has 2 aliphatic heterocycles. The van der Waals surface area contributed by atoms with Gasteiger partial charge in [-0.25, -0.2) is 0 Å². The Morgan fingerprint density at radius 3 is 1.69 bits per heavy atom. The molecule has 0 aromatic heterocycles. The van der Waals surface area contributed by atoms with Crippen LogP contribution in [0.4, 0.5) is 5.69 Å². The van der Waals surface area contributed by atoms with Gasteiger partial charge in [-0.1, -0.05) is 98.9 Å². The Labute approximate surface area is 468 Å². The van der Waals surface area contributed by atoms with Gasteiger partial charge >= 0.3 is 11.9 Å². The molecule has 14 N–H and O–H groups in total. The van der Waals surface area contributed by atoms with Gasteiger partial charge in [0.2, 0.25) is 0 Å². The van der Waals surface area contributed by atoms with Crippen LogP contribution in [0.15, 0.2) is 109 Å². The molecule has 0 spiro atoms. The van der Waals surface area contributed by atoms with Crippen molar-refractivity contribution in [3.8, 4) is 0 Å². The molecule has 0 amide bonds. The number of nitrogens with two attached hydrogens (primary N) is 1. The highest BCUT2D eigenvalue weighted by molar-refractivity contribution is 5.96. The number of benzene rings is 1. The molecule has 2 heterocycles. The Hall–Kier alpha value is -5.37. The molecule has 0 aliphatic carbocycles. The first-order valence-electron chi connectivity index (χ1n) is 27.2. The highest BCUT2D eigenvalue weighted by Gasteiger charge is 2.43. The van der Waals surface area contributed by atoms with Gasteiger partial charge in [-0.05, 0) is 69.2 Å². The van der Waals surface area contributed by atoms with E-state index < -0.39 is 179 Å². The summed E-state index contributed by atoms with van der Waals surface area (Å²) in [6, 6.07) is 5.71. The minimum Gasteiger partial charge on any atom is -0.481 e. The van der Waals surface area contributed by atoms with Crippen LogP contribution in [0.2, 0.25) is 0 Å². The number of aliphatic carboxylic acids is 1. The van der Waals surface area contributed by atoms with Gasteiger partial charge in [0.25, 0.3) is 0 Å². The molecule has 2 aliphatic rings.